The van der Waals surface area contributed by atoms with Crippen molar-refractivity contribution < 1.29 is 23.8 Å². The van der Waals surface area contributed by atoms with E-state index in [-0.39, 0.29) is 24.4 Å². The molecule has 2 aliphatic heterocycles. The summed E-state index contributed by atoms with van der Waals surface area (Å²) in [6.45, 7) is 4.13. The fraction of sp³-hybridized carbons (Fsp3) is 0.579. The number of ether oxygens (including phenoxy) is 1. The van der Waals surface area contributed by atoms with Crippen molar-refractivity contribution in [2.45, 2.75) is 25.3 Å². The molecule has 2 heterocycles. The second-order valence-electron chi connectivity index (χ2n) is 7.08. The molecule has 7 nitrogen and oxygen atoms in total. The molecule has 2 aliphatic rings. The van der Waals surface area contributed by atoms with Crippen molar-refractivity contribution >= 4 is 17.7 Å². The maximum atomic E-state index is 13.3. The highest BCUT2D eigenvalue weighted by molar-refractivity contribution is 5.89. The molecule has 1 aromatic rings. The summed E-state index contributed by atoms with van der Waals surface area (Å²) < 4.78 is 18.7. The number of hydrogen-bond acceptors (Lipinski definition) is 4. The molecule has 0 unspecified atom stereocenters. The third-order valence-electron chi connectivity index (χ3n) is 5.30. The van der Waals surface area contributed by atoms with Gasteiger partial charge in [-0.1, -0.05) is 6.07 Å². The number of carboxylic acid groups (broad SMARTS) is 1. The van der Waals surface area contributed by atoms with Crippen molar-refractivity contribution in [1.29, 1.82) is 0 Å². The third-order valence-corrected chi connectivity index (χ3v) is 5.30. The fourth-order valence-corrected chi connectivity index (χ4v) is 3.96. The highest BCUT2D eigenvalue weighted by Gasteiger charge is 2.35. The standard InChI is InChI=1S/C19H26FN3O4/c20-15-2-1-3-16(12-15)21-19(26)23-7-6-17(22-8-10-27-11-9-22)14(13-23)4-5-18(24)25/h1-3,12,14,17H,4-11,13H2,(H,21,26)(H,24,25)/t14-,17+/m1/s1. The van der Waals surface area contributed by atoms with E-state index in [2.05, 4.69) is 10.2 Å². The first kappa shape index (κ1) is 19.6. The summed E-state index contributed by atoms with van der Waals surface area (Å²) in [4.78, 5) is 27.7. The number of nitrogens with zero attached hydrogens (tertiary/aromatic N) is 2. The number of carboxylic acids is 1. The zero-order chi connectivity index (χ0) is 19.2. The van der Waals surface area contributed by atoms with Crippen LogP contribution in [0.2, 0.25) is 0 Å². The highest BCUT2D eigenvalue weighted by atomic mass is 19.1. The Bertz CT molecular complexity index is 666. The number of piperidine rings is 1. The Labute approximate surface area is 158 Å². The van der Waals surface area contributed by atoms with Crippen molar-refractivity contribution in [2.75, 3.05) is 44.7 Å². The number of carbonyl (C=O) groups is 2. The number of nitrogens with one attached hydrogen (secondary N) is 1. The van der Waals surface area contributed by atoms with Crippen LogP contribution in [0.25, 0.3) is 0 Å². The van der Waals surface area contributed by atoms with Crippen LogP contribution >= 0.6 is 0 Å². The van der Waals surface area contributed by atoms with Crippen LogP contribution in [0.3, 0.4) is 0 Å². The van der Waals surface area contributed by atoms with Gasteiger partial charge in [0, 0.05) is 44.3 Å². The maximum Gasteiger partial charge on any atom is 0.321 e. The van der Waals surface area contributed by atoms with Gasteiger partial charge in [0.1, 0.15) is 5.82 Å². The smallest absolute Gasteiger partial charge is 0.321 e. The van der Waals surface area contributed by atoms with Crippen molar-refractivity contribution in [2.24, 2.45) is 5.92 Å². The maximum absolute atomic E-state index is 13.3. The van der Waals surface area contributed by atoms with E-state index < -0.39 is 11.8 Å². The summed E-state index contributed by atoms with van der Waals surface area (Å²) in [6.07, 6.45) is 1.41. The molecule has 2 amide bonds. The highest BCUT2D eigenvalue weighted by Crippen LogP contribution is 2.27. The minimum absolute atomic E-state index is 0.0882. The summed E-state index contributed by atoms with van der Waals surface area (Å²) in [6, 6.07) is 5.77. The molecule has 0 aromatic heterocycles. The Hall–Kier alpha value is -2.19. The Balaban J connectivity index is 1.64. The number of carbonyl (C=O) groups excluding carboxylic acids is 1. The van der Waals surface area contributed by atoms with Crippen LogP contribution in [0.1, 0.15) is 19.3 Å². The van der Waals surface area contributed by atoms with E-state index in [4.69, 9.17) is 9.84 Å². The normalized spacial score (nSPS) is 23.8. The molecule has 0 spiro atoms. The lowest BCUT2D eigenvalue weighted by atomic mass is 9.87. The number of amides is 2. The minimum Gasteiger partial charge on any atom is -0.481 e. The van der Waals surface area contributed by atoms with Gasteiger partial charge in [0.25, 0.3) is 0 Å². The lowest BCUT2D eigenvalue weighted by Gasteiger charge is -2.45. The van der Waals surface area contributed by atoms with Crippen molar-refractivity contribution in [1.82, 2.24) is 9.80 Å². The number of anilines is 1. The van der Waals surface area contributed by atoms with Gasteiger partial charge in [-0.25, -0.2) is 9.18 Å². The lowest BCUT2D eigenvalue weighted by molar-refractivity contribution is -0.137. The van der Waals surface area contributed by atoms with Crippen LogP contribution < -0.4 is 5.32 Å². The summed E-state index contributed by atoms with van der Waals surface area (Å²) in [5, 5.41) is 11.8. The molecule has 2 N–H and O–H groups in total. The molecule has 1 aromatic carbocycles. The molecular weight excluding hydrogens is 353 g/mol. The van der Waals surface area contributed by atoms with Gasteiger partial charge in [0.05, 0.1) is 13.2 Å². The molecule has 8 heteroatoms. The Kier molecular flexibility index (Phi) is 6.63. The topological polar surface area (TPSA) is 82.1 Å². The van der Waals surface area contributed by atoms with Crippen LogP contribution in [0.4, 0.5) is 14.9 Å². The zero-order valence-corrected chi connectivity index (χ0v) is 15.3. The van der Waals surface area contributed by atoms with Crippen LogP contribution in [0, 0.1) is 11.7 Å². The monoisotopic (exact) mass is 379 g/mol. The van der Waals surface area contributed by atoms with E-state index in [1.807, 2.05) is 0 Å². The zero-order valence-electron chi connectivity index (χ0n) is 15.3. The number of benzene rings is 1. The third kappa shape index (κ3) is 5.40. The Morgan fingerprint density at radius 3 is 2.74 bits per heavy atom. The molecule has 0 radical (unpaired) electrons. The van der Waals surface area contributed by atoms with Crippen molar-refractivity contribution in [3.8, 4) is 0 Å². The van der Waals surface area contributed by atoms with E-state index >= 15 is 0 Å². The van der Waals surface area contributed by atoms with E-state index in [0.717, 1.165) is 19.5 Å². The van der Waals surface area contributed by atoms with Gasteiger partial charge < -0.3 is 20.1 Å². The van der Waals surface area contributed by atoms with Gasteiger partial charge in [-0.15, -0.1) is 0 Å². The fourth-order valence-electron chi connectivity index (χ4n) is 3.96. The Morgan fingerprint density at radius 2 is 2.04 bits per heavy atom. The second kappa shape index (κ2) is 9.14. The number of likely N-dealkylation sites (tertiary alicyclic amines) is 1. The van der Waals surface area contributed by atoms with Crippen LogP contribution in [-0.4, -0.2) is 72.3 Å². The minimum atomic E-state index is -0.822. The Morgan fingerprint density at radius 1 is 1.26 bits per heavy atom. The molecule has 3 rings (SSSR count). The van der Waals surface area contributed by atoms with Gasteiger partial charge in [0.2, 0.25) is 0 Å². The summed E-state index contributed by atoms with van der Waals surface area (Å²) in [5.41, 5.74) is 0.414. The van der Waals surface area contributed by atoms with Gasteiger partial charge in [0.15, 0.2) is 0 Å². The van der Waals surface area contributed by atoms with Gasteiger partial charge >= 0.3 is 12.0 Å². The van der Waals surface area contributed by atoms with E-state index in [1.54, 1.807) is 17.0 Å². The SMILES string of the molecule is O=C(O)CC[C@@H]1CN(C(=O)Nc2cccc(F)c2)CC[C@@H]1N1CCOCC1. The average molecular weight is 379 g/mol. The lowest BCUT2D eigenvalue weighted by Crippen LogP contribution is -2.55. The summed E-state index contributed by atoms with van der Waals surface area (Å²) >= 11 is 0. The number of aliphatic carboxylic acids is 1. The largest absolute Gasteiger partial charge is 0.481 e. The first-order chi connectivity index (χ1) is 13.0. The summed E-state index contributed by atoms with van der Waals surface area (Å²) in [7, 11) is 0. The average Bonchev–Trinajstić information content (AvgIpc) is 2.67. The first-order valence-electron chi connectivity index (χ1n) is 9.38. The number of hydrogen-bond donors (Lipinski definition) is 2. The number of rotatable bonds is 5. The van der Waals surface area contributed by atoms with E-state index in [0.29, 0.717) is 38.4 Å². The molecule has 27 heavy (non-hydrogen) atoms. The molecule has 2 atom stereocenters. The van der Waals surface area contributed by atoms with Gasteiger partial charge in [-0.3, -0.25) is 9.69 Å². The first-order valence-corrected chi connectivity index (χ1v) is 9.38. The van der Waals surface area contributed by atoms with Crippen LogP contribution in [0.15, 0.2) is 24.3 Å². The van der Waals surface area contributed by atoms with Crippen LogP contribution in [0.5, 0.6) is 0 Å². The quantitative estimate of drug-likeness (QED) is 0.820. The van der Waals surface area contributed by atoms with Gasteiger partial charge in [-0.05, 0) is 37.0 Å². The molecule has 0 aliphatic carbocycles. The van der Waals surface area contributed by atoms with Crippen molar-refractivity contribution in [3.05, 3.63) is 30.1 Å². The molecule has 0 saturated carbocycles. The second-order valence-corrected chi connectivity index (χ2v) is 7.08. The van der Waals surface area contributed by atoms with Gasteiger partial charge in [-0.2, -0.15) is 0 Å². The molecule has 2 saturated heterocycles. The molecule has 148 valence electrons. The predicted octanol–water partition coefficient (Wildman–Crippen LogP) is 2.25. The predicted molar refractivity (Wildman–Crippen MR) is 98.1 cm³/mol. The van der Waals surface area contributed by atoms with Crippen molar-refractivity contribution in [3.63, 3.8) is 0 Å². The molecular formula is C19H26FN3O4. The molecule has 2 fully saturated rings. The summed E-state index contributed by atoms with van der Waals surface area (Å²) in [5.74, 6) is -1.14. The van der Waals surface area contributed by atoms with Crippen LogP contribution in [-0.2, 0) is 9.53 Å². The molecule has 0 bridgehead atoms. The number of halogens is 1. The number of urea groups is 1. The van der Waals surface area contributed by atoms with E-state index in [9.17, 15) is 14.0 Å². The number of morpholine rings is 1. The van der Waals surface area contributed by atoms with E-state index in [1.165, 1.54) is 12.1 Å².